The lowest BCUT2D eigenvalue weighted by atomic mass is 10.2. The molecule has 1 aliphatic heterocycles. The summed E-state index contributed by atoms with van der Waals surface area (Å²) in [5.74, 6) is -0.0513. The minimum absolute atomic E-state index is 0.0513. The van der Waals surface area contributed by atoms with Gasteiger partial charge in [-0.05, 0) is 5.56 Å². The number of benzene rings is 1. The van der Waals surface area contributed by atoms with E-state index in [1.807, 2.05) is 30.3 Å². The van der Waals surface area contributed by atoms with Crippen molar-refractivity contribution in [3.63, 3.8) is 0 Å². The predicted molar refractivity (Wildman–Crippen MR) is 82.9 cm³/mol. The van der Waals surface area contributed by atoms with Crippen LogP contribution in [0.1, 0.15) is 0 Å². The molecule has 7 heteroatoms. The van der Waals surface area contributed by atoms with Gasteiger partial charge in [0.15, 0.2) is 0 Å². The molecule has 2 heterocycles. The molecule has 3 rings (SSSR count). The molecule has 1 fully saturated rings. The highest BCUT2D eigenvalue weighted by Crippen LogP contribution is 2.49. The number of amides is 1. The Labute approximate surface area is 128 Å². The van der Waals surface area contributed by atoms with Gasteiger partial charge in [-0.25, -0.2) is 0 Å². The molecular weight excluding hydrogens is 323 g/mol. The van der Waals surface area contributed by atoms with Crippen LogP contribution in [0.15, 0.2) is 30.3 Å². The summed E-state index contributed by atoms with van der Waals surface area (Å²) in [5, 5.41) is 0.588. The molecule has 19 heavy (non-hydrogen) atoms. The second kappa shape index (κ2) is 5.25. The van der Waals surface area contributed by atoms with E-state index in [9.17, 15) is 4.79 Å². The molecule has 1 aromatic heterocycles. The molecule has 0 unspecified atom stereocenters. The van der Waals surface area contributed by atoms with Crippen LogP contribution >= 0.6 is 46.7 Å². The summed E-state index contributed by atoms with van der Waals surface area (Å²) in [5.41, 5.74) is 1.73. The second-order valence-electron chi connectivity index (χ2n) is 3.89. The number of hydrogen-bond donors (Lipinski definition) is 1. The molecule has 1 N–H and O–H groups in total. The first-order valence-electron chi connectivity index (χ1n) is 5.43. The van der Waals surface area contributed by atoms with Gasteiger partial charge in [-0.2, -0.15) is 0 Å². The van der Waals surface area contributed by atoms with Crippen molar-refractivity contribution in [2.45, 2.75) is 0 Å². The van der Waals surface area contributed by atoms with Crippen LogP contribution in [0.5, 0.6) is 0 Å². The number of thiophene rings is 1. The molecule has 1 aromatic carbocycles. The van der Waals surface area contributed by atoms with Gasteiger partial charge in [0.05, 0.1) is 27.7 Å². The fraction of sp³-hybridized carbons (Fsp3) is 0.0833. The average Bonchev–Trinajstić information content (AvgIpc) is 2.95. The summed E-state index contributed by atoms with van der Waals surface area (Å²) in [7, 11) is 0. The predicted octanol–water partition coefficient (Wildman–Crippen LogP) is 4.22. The van der Waals surface area contributed by atoms with Crippen molar-refractivity contribution in [3.05, 3.63) is 39.7 Å². The van der Waals surface area contributed by atoms with Crippen molar-refractivity contribution in [1.29, 1.82) is 0 Å². The molecule has 0 aliphatic carbocycles. The summed E-state index contributed by atoms with van der Waals surface area (Å²) in [6, 6.07) is 9.83. The molecule has 0 spiro atoms. The molecule has 1 saturated heterocycles. The van der Waals surface area contributed by atoms with Crippen molar-refractivity contribution in [1.82, 2.24) is 4.72 Å². The first-order valence-corrected chi connectivity index (χ1v) is 7.78. The maximum Gasteiger partial charge on any atom is 0.251 e. The Kier molecular flexibility index (Phi) is 3.62. The van der Waals surface area contributed by atoms with Gasteiger partial charge >= 0.3 is 0 Å². The van der Waals surface area contributed by atoms with Crippen LogP contribution in [0.2, 0.25) is 9.36 Å². The highest BCUT2D eigenvalue weighted by molar-refractivity contribution is 7.99. The van der Waals surface area contributed by atoms with Gasteiger partial charge in [0.1, 0.15) is 10.9 Å². The Morgan fingerprint density at radius 1 is 1.21 bits per heavy atom. The average molecular weight is 331 g/mol. The zero-order chi connectivity index (χ0) is 13.4. The molecule has 0 bridgehead atoms. The maximum atomic E-state index is 11.3. The lowest BCUT2D eigenvalue weighted by molar-refractivity contribution is -0.117. The minimum Gasteiger partial charge on any atom is -0.285 e. The first kappa shape index (κ1) is 13.1. The van der Waals surface area contributed by atoms with E-state index in [0.717, 1.165) is 10.4 Å². The van der Waals surface area contributed by atoms with E-state index in [2.05, 4.69) is 4.72 Å². The highest BCUT2D eigenvalue weighted by atomic mass is 35.5. The molecule has 0 radical (unpaired) electrons. The highest BCUT2D eigenvalue weighted by Gasteiger charge is 2.28. The van der Waals surface area contributed by atoms with E-state index in [-0.39, 0.29) is 12.5 Å². The van der Waals surface area contributed by atoms with E-state index in [1.165, 1.54) is 23.5 Å². The second-order valence-corrected chi connectivity index (χ2v) is 6.71. The smallest absolute Gasteiger partial charge is 0.251 e. The summed E-state index contributed by atoms with van der Waals surface area (Å²) >= 11 is 15.3. The maximum absolute atomic E-state index is 11.3. The number of halogens is 2. The number of nitrogens with one attached hydrogen (secondary N) is 1. The van der Waals surface area contributed by atoms with Gasteiger partial charge in [0.2, 0.25) is 0 Å². The van der Waals surface area contributed by atoms with Gasteiger partial charge < -0.3 is 0 Å². The van der Waals surface area contributed by atoms with Crippen LogP contribution in [-0.2, 0) is 4.79 Å². The third-order valence-corrected chi connectivity index (χ3v) is 5.39. The van der Waals surface area contributed by atoms with Crippen LogP contribution in [0, 0.1) is 0 Å². The fourth-order valence-electron chi connectivity index (χ4n) is 1.78. The number of anilines is 1. The Morgan fingerprint density at radius 3 is 2.58 bits per heavy atom. The van der Waals surface area contributed by atoms with Gasteiger partial charge in [0, 0.05) is 0 Å². The van der Waals surface area contributed by atoms with Crippen molar-refractivity contribution >= 4 is 58.3 Å². The van der Waals surface area contributed by atoms with Crippen molar-refractivity contribution in [2.75, 3.05) is 10.8 Å². The van der Waals surface area contributed by atoms with Crippen molar-refractivity contribution in [2.24, 2.45) is 0 Å². The van der Waals surface area contributed by atoms with E-state index in [1.54, 1.807) is 4.31 Å². The van der Waals surface area contributed by atoms with Crippen LogP contribution < -0.4 is 9.03 Å². The van der Waals surface area contributed by atoms with Gasteiger partial charge in [-0.1, -0.05) is 53.5 Å². The normalized spacial score (nSPS) is 14.8. The van der Waals surface area contributed by atoms with Gasteiger partial charge in [-0.15, -0.1) is 11.3 Å². The molecule has 0 atom stereocenters. The summed E-state index contributed by atoms with van der Waals surface area (Å²) < 4.78 is 5.03. The molecular formula is C12H8Cl2N2OS2. The molecule has 98 valence electrons. The summed E-state index contributed by atoms with van der Waals surface area (Å²) in [6.07, 6.45) is 0. The lowest BCUT2D eigenvalue weighted by Gasteiger charge is -2.12. The van der Waals surface area contributed by atoms with E-state index >= 15 is 0 Å². The number of carbonyl (C=O) groups excluding carboxylic acids is 1. The number of rotatable bonds is 2. The number of nitrogens with zero attached hydrogens (tertiary/aromatic N) is 1. The van der Waals surface area contributed by atoms with Crippen LogP contribution in [0.4, 0.5) is 5.69 Å². The largest absolute Gasteiger partial charge is 0.285 e. The first-order chi connectivity index (χ1) is 9.16. The van der Waals surface area contributed by atoms with Crippen molar-refractivity contribution < 1.29 is 4.79 Å². The van der Waals surface area contributed by atoms with E-state index < -0.39 is 0 Å². The van der Waals surface area contributed by atoms with E-state index in [0.29, 0.717) is 15.0 Å². The quantitative estimate of drug-likeness (QED) is 0.836. The molecule has 1 aliphatic rings. The topological polar surface area (TPSA) is 32.3 Å². The lowest BCUT2D eigenvalue weighted by Crippen LogP contribution is -2.15. The zero-order valence-corrected chi connectivity index (χ0v) is 12.7. The Balaban J connectivity index is 2.04. The number of carbonyl (C=O) groups is 1. The number of hydrogen-bond acceptors (Lipinski definition) is 4. The zero-order valence-electron chi connectivity index (χ0n) is 9.52. The van der Waals surface area contributed by atoms with Crippen LogP contribution in [0.25, 0.3) is 10.4 Å². The van der Waals surface area contributed by atoms with Crippen molar-refractivity contribution in [3.8, 4) is 10.4 Å². The fourth-order valence-corrected chi connectivity index (χ4v) is 4.56. The molecule has 0 saturated carbocycles. The standard InChI is InChI=1S/C12H8Cl2N2OS2/c13-9-10(16-6-8(17)15-19-16)12(14)18-11(9)7-4-2-1-3-5-7/h1-5H,6H2,(H,15,17). The Hall–Kier alpha value is -0.880. The molecule has 2 aromatic rings. The molecule has 3 nitrogen and oxygen atoms in total. The molecule has 1 amide bonds. The third kappa shape index (κ3) is 2.43. The van der Waals surface area contributed by atoms with Crippen LogP contribution in [-0.4, -0.2) is 12.5 Å². The van der Waals surface area contributed by atoms with Gasteiger partial charge in [-0.3, -0.25) is 13.8 Å². The SMILES string of the molecule is O=C1CN(c2c(Cl)sc(-c3ccccc3)c2Cl)SN1. The Bertz CT molecular complexity index is 630. The minimum atomic E-state index is -0.0513. The Morgan fingerprint density at radius 2 is 1.95 bits per heavy atom. The van der Waals surface area contributed by atoms with Crippen LogP contribution in [0.3, 0.4) is 0 Å². The monoisotopic (exact) mass is 330 g/mol. The summed E-state index contributed by atoms with van der Waals surface area (Å²) in [6.45, 7) is 0.259. The third-order valence-electron chi connectivity index (χ3n) is 2.63. The summed E-state index contributed by atoms with van der Waals surface area (Å²) in [4.78, 5) is 12.2. The van der Waals surface area contributed by atoms with E-state index in [4.69, 9.17) is 23.2 Å². The van der Waals surface area contributed by atoms with Gasteiger partial charge in [0.25, 0.3) is 5.91 Å².